The number of carbonyl (C=O) groups is 3. The molecule has 41 heavy (non-hydrogen) atoms. The standard InChI is InChI=1S/C32H39N5O4/c1-5-20(2)28-30(38)33-16-14-21-10-12-24(13-11-21)41-27-15-17-37(29(27)31(39)35-28)32(40)26(36(3)4)19-23-18-22-8-6-7-9-25(22)34-23/h6-14,16,18,20,26-29,34H,5,15,17,19H2,1-4H3,(H,33,38)(H,35,39)/b16-14-/t20-,26-,27-,28-,29-/m0/s1. The van der Waals surface area contributed by atoms with Crippen LogP contribution in [0.1, 0.15) is 37.9 Å². The lowest BCUT2D eigenvalue weighted by atomic mass is 9.97. The largest absolute Gasteiger partial charge is 0.488 e. The summed E-state index contributed by atoms with van der Waals surface area (Å²) in [6.45, 7) is 4.29. The number of aromatic nitrogens is 1. The number of H-pyrrole nitrogens is 1. The van der Waals surface area contributed by atoms with Gasteiger partial charge in [0, 0.05) is 36.8 Å². The molecule has 1 aromatic heterocycles. The van der Waals surface area contributed by atoms with Crippen molar-refractivity contribution in [1.29, 1.82) is 0 Å². The molecule has 0 aliphatic carbocycles. The predicted molar refractivity (Wildman–Crippen MR) is 159 cm³/mol. The van der Waals surface area contributed by atoms with Crippen LogP contribution < -0.4 is 15.4 Å². The highest BCUT2D eigenvalue weighted by Crippen LogP contribution is 2.28. The molecule has 9 heteroatoms. The number of hydrogen-bond donors (Lipinski definition) is 3. The van der Waals surface area contributed by atoms with Crippen molar-refractivity contribution in [2.75, 3.05) is 20.6 Å². The second-order valence-corrected chi connectivity index (χ2v) is 11.3. The molecule has 216 valence electrons. The Morgan fingerprint density at radius 1 is 1.10 bits per heavy atom. The summed E-state index contributed by atoms with van der Waals surface area (Å²) in [7, 11) is 3.75. The van der Waals surface area contributed by atoms with Gasteiger partial charge in [-0.3, -0.25) is 19.3 Å². The average molecular weight is 558 g/mol. The third-order valence-corrected chi connectivity index (χ3v) is 8.26. The Balaban J connectivity index is 1.46. The number of aromatic amines is 1. The van der Waals surface area contributed by atoms with Gasteiger partial charge in [0.1, 0.15) is 23.9 Å². The molecule has 5 atom stereocenters. The maximum Gasteiger partial charge on any atom is 0.247 e. The number of amides is 3. The molecule has 2 bridgehead atoms. The highest BCUT2D eigenvalue weighted by Gasteiger charge is 2.46. The zero-order valence-electron chi connectivity index (χ0n) is 24.1. The summed E-state index contributed by atoms with van der Waals surface area (Å²) in [5.74, 6) is -0.317. The SMILES string of the molecule is CC[C@H](C)[C@@H]1NC(=O)[C@@H]2[C@H](CCN2C(=O)[C@H](Cc2cc3ccccc3[nH]2)N(C)C)Oc2ccc(cc2)/C=C\NC1=O. The summed E-state index contributed by atoms with van der Waals surface area (Å²) in [4.78, 5) is 48.3. The van der Waals surface area contributed by atoms with Gasteiger partial charge in [-0.25, -0.2) is 0 Å². The van der Waals surface area contributed by atoms with Crippen LogP contribution in [0.5, 0.6) is 5.75 Å². The van der Waals surface area contributed by atoms with Crippen molar-refractivity contribution in [3.8, 4) is 5.75 Å². The predicted octanol–water partition coefficient (Wildman–Crippen LogP) is 3.32. The second-order valence-electron chi connectivity index (χ2n) is 11.3. The van der Waals surface area contributed by atoms with Gasteiger partial charge < -0.3 is 25.3 Å². The molecule has 3 aliphatic heterocycles. The fourth-order valence-electron chi connectivity index (χ4n) is 5.66. The Morgan fingerprint density at radius 2 is 1.85 bits per heavy atom. The van der Waals surface area contributed by atoms with Gasteiger partial charge in [0.15, 0.2) is 0 Å². The summed E-state index contributed by atoms with van der Waals surface area (Å²) in [6.07, 6.45) is 4.49. The van der Waals surface area contributed by atoms with Gasteiger partial charge in [-0.2, -0.15) is 0 Å². The van der Waals surface area contributed by atoms with E-state index in [-0.39, 0.29) is 23.6 Å². The van der Waals surface area contributed by atoms with Crippen LogP contribution in [-0.4, -0.2) is 77.4 Å². The quantitative estimate of drug-likeness (QED) is 0.431. The fourth-order valence-corrected chi connectivity index (χ4v) is 5.66. The van der Waals surface area contributed by atoms with Crippen LogP contribution in [0, 0.1) is 5.92 Å². The fraction of sp³-hybridized carbons (Fsp3) is 0.406. The van der Waals surface area contributed by atoms with E-state index in [2.05, 4.69) is 21.7 Å². The number of likely N-dealkylation sites (N-methyl/N-ethyl adjacent to an activating group) is 1. The third-order valence-electron chi connectivity index (χ3n) is 8.26. The molecule has 3 aliphatic rings. The van der Waals surface area contributed by atoms with Crippen molar-refractivity contribution in [2.24, 2.45) is 5.92 Å². The highest BCUT2D eigenvalue weighted by molar-refractivity contribution is 5.94. The van der Waals surface area contributed by atoms with Crippen LogP contribution in [0.3, 0.4) is 0 Å². The van der Waals surface area contributed by atoms with Crippen molar-refractivity contribution in [2.45, 2.75) is 57.3 Å². The second kappa shape index (κ2) is 12.2. The number of fused-ring (bicyclic) bond motifs is 8. The molecular weight excluding hydrogens is 518 g/mol. The number of rotatable bonds is 6. The zero-order chi connectivity index (χ0) is 29.1. The van der Waals surface area contributed by atoms with E-state index in [0.29, 0.717) is 31.6 Å². The van der Waals surface area contributed by atoms with Crippen LogP contribution in [0.25, 0.3) is 17.0 Å². The van der Waals surface area contributed by atoms with Gasteiger partial charge in [-0.15, -0.1) is 0 Å². The van der Waals surface area contributed by atoms with Crippen LogP contribution >= 0.6 is 0 Å². The third kappa shape index (κ3) is 6.15. The van der Waals surface area contributed by atoms with E-state index in [4.69, 9.17) is 4.74 Å². The minimum Gasteiger partial charge on any atom is -0.488 e. The number of likely N-dealkylation sites (tertiary alicyclic amines) is 1. The Kier molecular flexibility index (Phi) is 8.44. The first-order chi connectivity index (χ1) is 19.7. The van der Waals surface area contributed by atoms with Crippen molar-refractivity contribution in [1.82, 2.24) is 25.4 Å². The van der Waals surface area contributed by atoms with E-state index in [1.165, 1.54) is 0 Å². The molecule has 4 heterocycles. The Labute approximate surface area is 240 Å². The first-order valence-corrected chi connectivity index (χ1v) is 14.3. The molecule has 0 saturated carbocycles. The van der Waals surface area contributed by atoms with Crippen LogP contribution in [0.2, 0.25) is 0 Å². The van der Waals surface area contributed by atoms with Crippen molar-refractivity contribution in [3.05, 3.63) is 72.1 Å². The van der Waals surface area contributed by atoms with Gasteiger partial charge in [-0.05, 0) is 61.3 Å². The van der Waals surface area contributed by atoms with Gasteiger partial charge in [0.05, 0.1) is 6.04 Å². The minimum atomic E-state index is -0.884. The minimum absolute atomic E-state index is 0.111. The molecule has 1 saturated heterocycles. The van der Waals surface area contributed by atoms with Crippen molar-refractivity contribution >= 4 is 34.7 Å². The maximum atomic E-state index is 14.2. The number of ether oxygens (including phenoxy) is 1. The normalized spacial score (nSPS) is 23.3. The molecule has 0 unspecified atom stereocenters. The van der Waals surface area contributed by atoms with E-state index in [9.17, 15) is 14.4 Å². The Morgan fingerprint density at radius 3 is 2.56 bits per heavy atom. The Bertz CT molecular complexity index is 1400. The maximum absolute atomic E-state index is 14.2. The summed E-state index contributed by atoms with van der Waals surface area (Å²) < 4.78 is 6.34. The number of nitrogens with one attached hydrogen (secondary N) is 3. The number of nitrogens with zero attached hydrogens (tertiary/aromatic N) is 2. The topological polar surface area (TPSA) is 107 Å². The molecule has 0 radical (unpaired) electrons. The molecule has 9 nitrogen and oxygen atoms in total. The zero-order valence-corrected chi connectivity index (χ0v) is 24.1. The van der Waals surface area contributed by atoms with Crippen LogP contribution in [0.4, 0.5) is 0 Å². The van der Waals surface area contributed by atoms with E-state index in [0.717, 1.165) is 22.2 Å². The summed E-state index contributed by atoms with van der Waals surface area (Å²) in [5, 5.41) is 6.88. The lowest BCUT2D eigenvalue weighted by Crippen LogP contribution is -2.59. The molecule has 6 rings (SSSR count). The molecule has 0 spiro atoms. The molecule has 3 aromatic rings. The molecule has 3 N–H and O–H groups in total. The lowest BCUT2D eigenvalue weighted by molar-refractivity contribution is -0.144. The van der Waals surface area contributed by atoms with Gasteiger partial charge in [0.25, 0.3) is 0 Å². The smallest absolute Gasteiger partial charge is 0.247 e. The van der Waals surface area contributed by atoms with Gasteiger partial charge in [0.2, 0.25) is 17.7 Å². The monoisotopic (exact) mass is 557 g/mol. The molecular formula is C32H39N5O4. The molecule has 2 aromatic carbocycles. The number of benzene rings is 2. The van der Waals surface area contributed by atoms with E-state index in [1.807, 2.05) is 81.4 Å². The van der Waals surface area contributed by atoms with Crippen LogP contribution in [0.15, 0.2) is 60.8 Å². The highest BCUT2D eigenvalue weighted by atomic mass is 16.5. The summed E-state index contributed by atoms with van der Waals surface area (Å²) in [6, 6.07) is 15.4. The Hall–Kier alpha value is -4.11. The number of carbonyl (C=O) groups excluding carboxylic acids is 3. The summed E-state index contributed by atoms with van der Waals surface area (Å²) >= 11 is 0. The van der Waals surface area contributed by atoms with Crippen molar-refractivity contribution in [3.63, 3.8) is 0 Å². The number of para-hydroxylation sites is 1. The molecule has 3 amide bonds. The first kappa shape index (κ1) is 28.4. The van der Waals surface area contributed by atoms with Gasteiger partial charge in [-0.1, -0.05) is 50.6 Å². The first-order valence-electron chi connectivity index (χ1n) is 14.3. The summed E-state index contributed by atoms with van der Waals surface area (Å²) in [5.41, 5.74) is 2.87. The van der Waals surface area contributed by atoms with E-state index < -0.39 is 24.2 Å². The van der Waals surface area contributed by atoms with Crippen molar-refractivity contribution < 1.29 is 19.1 Å². The lowest BCUT2D eigenvalue weighted by Gasteiger charge is -2.34. The molecule has 1 fully saturated rings. The average Bonchev–Trinajstić information content (AvgIpc) is 3.58. The van der Waals surface area contributed by atoms with E-state index in [1.54, 1.807) is 17.2 Å². The number of hydrogen-bond acceptors (Lipinski definition) is 5. The van der Waals surface area contributed by atoms with Gasteiger partial charge >= 0.3 is 0 Å². The van der Waals surface area contributed by atoms with Crippen LogP contribution in [-0.2, 0) is 20.8 Å². The van der Waals surface area contributed by atoms with E-state index >= 15 is 0 Å².